The standard InChI is InChI=1S/C18H23NO5/c1-4-15(5-2)19-16(20)12-24-17(21)11-8-13-6-9-14(10-7-13)18(22)23-3/h6-11,15H,4-5,12H2,1-3H3,(H,19,20)/b11-8+. The number of hydrogen-bond acceptors (Lipinski definition) is 5. The van der Waals surface area contributed by atoms with Gasteiger partial charge in [-0.3, -0.25) is 4.79 Å². The van der Waals surface area contributed by atoms with Crippen LogP contribution in [0.3, 0.4) is 0 Å². The van der Waals surface area contributed by atoms with E-state index < -0.39 is 11.9 Å². The highest BCUT2D eigenvalue weighted by atomic mass is 16.5. The Bertz CT molecular complexity index is 588. The molecule has 130 valence electrons. The lowest BCUT2D eigenvalue weighted by atomic mass is 10.1. The van der Waals surface area contributed by atoms with Crippen molar-refractivity contribution in [2.45, 2.75) is 32.7 Å². The van der Waals surface area contributed by atoms with Gasteiger partial charge in [0, 0.05) is 12.1 Å². The summed E-state index contributed by atoms with van der Waals surface area (Å²) in [6, 6.07) is 6.64. The van der Waals surface area contributed by atoms with Crippen molar-refractivity contribution in [1.82, 2.24) is 5.32 Å². The monoisotopic (exact) mass is 333 g/mol. The predicted octanol–water partition coefficient (Wildman–Crippen LogP) is 2.33. The van der Waals surface area contributed by atoms with E-state index in [2.05, 4.69) is 10.1 Å². The van der Waals surface area contributed by atoms with Crippen LogP contribution in [0.5, 0.6) is 0 Å². The molecule has 24 heavy (non-hydrogen) atoms. The highest BCUT2D eigenvalue weighted by Crippen LogP contribution is 2.07. The normalized spacial score (nSPS) is 10.7. The molecule has 1 aromatic rings. The highest BCUT2D eigenvalue weighted by Gasteiger charge is 2.10. The first-order chi connectivity index (χ1) is 11.5. The summed E-state index contributed by atoms with van der Waals surface area (Å²) in [5, 5.41) is 2.78. The van der Waals surface area contributed by atoms with Crippen LogP contribution in [0.2, 0.25) is 0 Å². The predicted molar refractivity (Wildman–Crippen MR) is 90.3 cm³/mol. The molecule has 0 radical (unpaired) electrons. The Morgan fingerprint density at radius 2 is 1.75 bits per heavy atom. The quantitative estimate of drug-likeness (QED) is 0.583. The van der Waals surface area contributed by atoms with Crippen LogP contribution < -0.4 is 5.32 Å². The third kappa shape index (κ3) is 6.64. The molecule has 0 spiro atoms. The van der Waals surface area contributed by atoms with E-state index >= 15 is 0 Å². The number of methoxy groups -OCH3 is 1. The van der Waals surface area contributed by atoms with Gasteiger partial charge >= 0.3 is 11.9 Å². The summed E-state index contributed by atoms with van der Waals surface area (Å²) in [5.74, 6) is -1.34. The van der Waals surface area contributed by atoms with Gasteiger partial charge in [-0.15, -0.1) is 0 Å². The van der Waals surface area contributed by atoms with Crippen LogP contribution in [-0.2, 0) is 19.1 Å². The summed E-state index contributed by atoms with van der Waals surface area (Å²) in [5.41, 5.74) is 1.15. The van der Waals surface area contributed by atoms with Crippen molar-refractivity contribution in [3.63, 3.8) is 0 Å². The van der Waals surface area contributed by atoms with Crippen molar-refractivity contribution in [2.24, 2.45) is 0 Å². The van der Waals surface area contributed by atoms with E-state index in [9.17, 15) is 14.4 Å². The molecule has 0 bridgehead atoms. The Morgan fingerprint density at radius 3 is 2.29 bits per heavy atom. The topological polar surface area (TPSA) is 81.7 Å². The van der Waals surface area contributed by atoms with Gasteiger partial charge in [0.15, 0.2) is 6.61 Å². The van der Waals surface area contributed by atoms with Crippen molar-refractivity contribution in [3.8, 4) is 0 Å². The van der Waals surface area contributed by atoms with Crippen LogP contribution in [0.1, 0.15) is 42.6 Å². The molecule has 0 heterocycles. The molecule has 0 aromatic heterocycles. The summed E-state index contributed by atoms with van der Waals surface area (Å²) in [4.78, 5) is 34.5. The van der Waals surface area contributed by atoms with Gasteiger partial charge in [0.05, 0.1) is 12.7 Å². The van der Waals surface area contributed by atoms with Gasteiger partial charge in [-0.2, -0.15) is 0 Å². The van der Waals surface area contributed by atoms with Gasteiger partial charge < -0.3 is 14.8 Å². The molecular weight excluding hydrogens is 310 g/mol. The van der Waals surface area contributed by atoms with Gasteiger partial charge in [0.2, 0.25) is 0 Å². The van der Waals surface area contributed by atoms with Crippen LogP contribution >= 0.6 is 0 Å². The Hall–Kier alpha value is -2.63. The zero-order chi connectivity index (χ0) is 17.9. The third-order valence-corrected chi connectivity index (χ3v) is 3.44. The first-order valence-corrected chi connectivity index (χ1v) is 7.82. The Balaban J connectivity index is 2.45. The van der Waals surface area contributed by atoms with Crippen molar-refractivity contribution < 1.29 is 23.9 Å². The van der Waals surface area contributed by atoms with Crippen molar-refractivity contribution >= 4 is 23.9 Å². The number of benzene rings is 1. The maximum atomic E-state index is 11.6. The number of hydrogen-bond donors (Lipinski definition) is 1. The number of ether oxygens (including phenoxy) is 2. The molecule has 0 unspecified atom stereocenters. The third-order valence-electron chi connectivity index (χ3n) is 3.44. The molecule has 6 heteroatoms. The smallest absolute Gasteiger partial charge is 0.337 e. The molecular formula is C18H23NO5. The van der Waals surface area contributed by atoms with Gasteiger partial charge in [-0.25, -0.2) is 9.59 Å². The maximum Gasteiger partial charge on any atom is 0.337 e. The van der Waals surface area contributed by atoms with Gasteiger partial charge in [0.1, 0.15) is 0 Å². The number of nitrogens with one attached hydrogen (secondary N) is 1. The summed E-state index contributed by atoms with van der Waals surface area (Å²) in [7, 11) is 1.31. The molecule has 0 aliphatic carbocycles. The van der Waals surface area contributed by atoms with E-state index in [1.165, 1.54) is 13.2 Å². The van der Waals surface area contributed by atoms with Gasteiger partial charge in [-0.05, 0) is 36.6 Å². The van der Waals surface area contributed by atoms with Crippen molar-refractivity contribution in [2.75, 3.05) is 13.7 Å². The average molecular weight is 333 g/mol. The second-order valence-corrected chi connectivity index (χ2v) is 5.14. The molecule has 1 rings (SSSR count). The zero-order valence-electron chi connectivity index (χ0n) is 14.2. The van der Waals surface area contributed by atoms with Crippen LogP contribution in [0, 0.1) is 0 Å². The number of rotatable bonds is 8. The zero-order valence-corrected chi connectivity index (χ0v) is 14.2. The first-order valence-electron chi connectivity index (χ1n) is 7.82. The van der Waals surface area contributed by atoms with Gasteiger partial charge in [0.25, 0.3) is 5.91 Å². The van der Waals surface area contributed by atoms with E-state index in [-0.39, 0.29) is 18.6 Å². The van der Waals surface area contributed by atoms with E-state index in [0.717, 1.165) is 18.4 Å². The molecule has 0 aliphatic heterocycles. The summed E-state index contributed by atoms with van der Waals surface area (Å²) in [6.07, 6.45) is 4.44. The van der Waals surface area contributed by atoms with Crippen LogP contribution in [0.4, 0.5) is 0 Å². The number of carbonyl (C=O) groups excluding carboxylic acids is 3. The second-order valence-electron chi connectivity index (χ2n) is 5.14. The van der Waals surface area contributed by atoms with Crippen LogP contribution in [0.25, 0.3) is 6.08 Å². The minimum absolute atomic E-state index is 0.0973. The lowest BCUT2D eigenvalue weighted by molar-refractivity contribution is -0.144. The van der Waals surface area contributed by atoms with Crippen LogP contribution in [-0.4, -0.2) is 37.6 Å². The molecule has 0 fully saturated rings. The Morgan fingerprint density at radius 1 is 1.12 bits per heavy atom. The molecule has 0 saturated carbocycles. The lowest BCUT2D eigenvalue weighted by Gasteiger charge is -2.14. The summed E-state index contributed by atoms with van der Waals surface area (Å²) in [6.45, 7) is 3.66. The summed E-state index contributed by atoms with van der Waals surface area (Å²) < 4.78 is 9.49. The average Bonchev–Trinajstić information content (AvgIpc) is 2.62. The second kappa shape index (κ2) is 10.2. The largest absolute Gasteiger partial charge is 0.465 e. The Kier molecular flexibility index (Phi) is 8.25. The molecule has 0 aliphatic rings. The molecule has 0 saturated heterocycles. The van der Waals surface area contributed by atoms with Crippen LogP contribution in [0.15, 0.2) is 30.3 Å². The minimum Gasteiger partial charge on any atom is -0.465 e. The SMILES string of the molecule is CCC(CC)NC(=O)COC(=O)/C=C/c1ccc(C(=O)OC)cc1. The Labute approximate surface area is 141 Å². The first kappa shape index (κ1) is 19.4. The highest BCUT2D eigenvalue weighted by molar-refractivity contribution is 5.91. The number of amides is 1. The fourth-order valence-corrected chi connectivity index (χ4v) is 1.96. The lowest BCUT2D eigenvalue weighted by Crippen LogP contribution is -2.36. The van der Waals surface area contributed by atoms with E-state index in [4.69, 9.17) is 4.74 Å². The summed E-state index contributed by atoms with van der Waals surface area (Å²) >= 11 is 0. The maximum absolute atomic E-state index is 11.6. The number of carbonyl (C=O) groups is 3. The molecule has 1 N–H and O–H groups in total. The van der Waals surface area contributed by atoms with E-state index in [0.29, 0.717) is 5.56 Å². The fourth-order valence-electron chi connectivity index (χ4n) is 1.96. The number of esters is 2. The molecule has 6 nitrogen and oxygen atoms in total. The van der Waals surface area contributed by atoms with E-state index in [1.807, 2.05) is 13.8 Å². The molecule has 0 atom stereocenters. The minimum atomic E-state index is -0.605. The van der Waals surface area contributed by atoms with Gasteiger partial charge in [-0.1, -0.05) is 26.0 Å². The van der Waals surface area contributed by atoms with E-state index in [1.54, 1.807) is 30.3 Å². The van der Waals surface area contributed by atoms with Crippen molar-refractivity contribution in [1.29, 1.82) is 0 Å². The molecule has 1 aromatic carbocycles. The van der Waals surface area contributed by atoms with Crippen molar-refractivity contribution in [3.05, 3.63) is 41.5 Å². The molecule has 1 amide bonds. The fraction of sp³-hybridized carbons (Fsp3) is 0.389.